The standard InChI is InChI=1S/C20H22N2O/c1-2-14-23-19(3-1)15-22-13-12-20(21-22)18-10-8-17(9-11-18)7-6-16-4-5-16/h8-13,16,19H,1-5,14-15H2. The highest BCUT2D eigenvalue weighted by molar-refractivity contribution is 5.60. The summed E-state index contributed by atoms with van der Waals surface area (Å²) in [6.45, 7) is 1.74. The van der Waals surface area contributed by atoms with Crippen LogP contribution in [0.15, 0.2) is 36.5 Å². The molecule has 2 heterocycles. The SMILES string of the molecule is C(#CC1CC1)c1ccc(-c2ccn(CC3CCCCO3)n2)cc1. The van der Waals surface area contributed by atoms with E-state index in [1.54, 1.807) is 0 Å². The highest BCUT2D eigenvalue weighted by Gasteiger charge is 2.17. The van der Waals surface area contributed by atoms with E-state index in [1.165, 1.54) is 25.7 Å². The van der Waals surface area contributed by atoms with Crippen molar-refractivity contribution in [3.8, 4) is 23.1 Å². The zero-order chi connectivity index (χ0) is 15.5. The Morgan fingerprint density at radius 1 is 1.09 bits per heavy atom. The molecule has 1 aliphatic carbocycles. The Hall–Kier alpha value is -2.05. The summed E-state index contributed by atoms with van der Waals surface area (Å²) in [6.07, 6.45) is 8.51. The van der Waals surface area contributed by atoms with Crippen LogP contribution in [0.3, 0.4) is 0 Å². The van der Waals surface area contributed by atoms with Crippen LogP contribution in [-0.4, -0.2) is 22.5 Å². The van der Waals surface area contributed by atoms with Crippen molar-refractivity contribution >= 4 is 0 Å². The van der Waals surface area contributed by atoms with Gasteiger partial charge in [-0.05, 0) is 50.3 Å². The molecule has 2 aromatic rings. The second-order valence-corrected chi connectivity index (χ2v) is 6.53. The molecule has 3 nitrogen and oxygen atoms in total. The van der Waals surface area contributed by atoms with Crippen molar-refractivity contribution < 1.29 is 4.74 Å². The molecule has 0 spiro atoms. The predicted octanol–water partition coefficient (Wildman–Crippen LogP) is 3.88. The molecule has 4 rings (SSSR count). The first-order valence-electron chi connectivity index (χ1n) is 8.64. The molecule has 2 fully saturated rings. The molecule has 2 aliphatic rings. The largest absolute Gasteiger partial charge is 0.376 e. The van der Waals surface area contributed by atoms with Gasteiger partial charge in [-0.3, -0.25) is 4.68 Å². The van der Waals surface area contributed by atoms with Crippen molar-refractivity contribution in [3.05, 3.63) is 42.1 Å². The third kappa shape index (κ3) is 3.83. The van der Waals surface area contributed by atoms with Crippen molar-refractivity contribution in [2.75, 3.05) is 6.61 Å². The van der Waals surface area contributed by atoms with Crippen LogP contribution < -0.4 is 0 Å². The van der Waals surface area contributed by atoms with Gasteiger partial charge in [0.2, 0.25) is 0 Å². The van der Waals surface area contributed by atoms with Crippen molar-refractivity contribution in [1.29, 1.82) is 0 Å². The van der Waals surface area contributed by atoms with Crippen LogP contribution >= 0.6 is 0 Å². The first kappa shape index (κ1) is 14.5. The lowest BCUT2D eigenvalue weighted by molar-refractivity contribution is 0.00403. The van der Waals surface area contributed by atoms with Crippen LogP contribution in [0.2, 0.25) is 0 Å². The van der Waals surface area contributed by atoms with Gasteiger partial charge in [0.15, 0.2) is 0 Å². The molecule has 0 N–H and O–H groups in total. The molecule has 0 radical (unpaired) electrons. The summed E-state index contributed by atoms with van der Waals surface area (Å²) in [4.78, 5) is 0. The topological polar surface area (TPSA) is 27.1 Å². The molecule has 118 valence electrons. The van der Waals surface area contributed by atoms with Crippen molar-refractivity contribution in [2.45, 2.75) is 44.8 Å². The number of hydrogen-bond donors (Lipinski definition) is 0. The van der Waals surface area contributed by atoms with Crippen LogP contribution in [0.1, 0.15) is 37.7 Å². The smallest absolute Gasteiger partial charge is 0.0923 e. The first-order valence-corrected chi connectivity index (χ1v) is 8.64. The molecule has 0 amide bonds. The normalized spacial score (nSPS) is 20.8. The number of hydrogen-bond acceptors (Lipinski definition) is 2. The summed E-state index contributed by atoms with van der Waals surface area (Å²) in [5.74, 6) is 7.20. The van der Waals surface area contributed by atoms with Gasteiger partial charge in [-0.2, -0.15) is 5.10 Å². The summed E-state index contributed by atoms with van der Waals surface area (Å²) >= 11 is 0. The average molecular weight is 306 g/mol. The van der Waals surface area contributed by atoms with E-state index in [2.05, 4.69) is 47.3 Å². The molecule has 23 heavy (non-hydrogen) atoms. The molecule has 3 heteroatoms. The predicted molar refractivity (Wildman–Crippen MR) is 90.9 cm³/mol. The fourth-order valence-corrected chi connectivity index (χ4v) is 2.91. The van der Waals surface area contributed by atoms with Gasteiger partial charge in [0, 0.05) is 29.8 Å². The lowest BCUT2D eigenvalue weighted by atomic mass is 10.1. The lowest BCUT2D eigenvalue weighted by Crippen LogP contribution is -2.24. The van der Waals surface area contributed by atoms with Crippen LogP contribution in [-0.2, 0) is 11.3 Å². The average Bonchev–Trinajstić information content (AvgIpc) is 3.32. The molecule has 1 atom stereocenters. The van der Waals surface area contributed by atoms with Gasteiger partial charge in [0.05, 0.1) is 18.3 Å². The quantitative estimate of drug-likeness (QED) is 0.805. The van der Waals surface area contributed by atoms with Crippen molar-refractivity contribution in [3.63, 3.8) is 0 Å². The van der Waals surface area contributed by atoms with Crippen LogP contribution in [0.4, 0.5) is 0 Å². The summed E-state index contributed by atoms with van der Waals surface area (Å²) in [6, 6.07) is 10.5. The van der Waals surface area contributed by atoms with Gasteiger partial charge in [0.1, 0.15) is 0 Å². The molecule has 1 saturated heterocycles. The Bertz CT molecular complexity index is 710. The Morgan fingerprint density at radius 2 is 1.96 bits per heavy atom. The Kier molecular flexibility index (Phi) is 4.17. The van der Waals surface area contributed by atoms with E-state index >= 15 is 0 Å². The Balaban J connectivity index is 1.42. The fourth-order valence-electron chi connectivity index (χ4n) is 2.91. The zero-order valence-corrected chi connectivity index (χ0v) is 13.4. The van der Waals surface area contributed by atoms with Gasteiger partial charge in [-0.1, -0.05) is 24.0 Å². The third-order valence-electron chi connectivity index (χ3n) is 4.48. The molecular formula is C20H22N2O. The van der Waals surface area contributed by atoms with E-state index in [1.807, 2.05) is 10.9 Å². The van der Waals surface area contributed by atoms with Gasteiger partial charge < -0.3 is 4.74 Å². The highest BCUT2D eigenvalue weighted by atomic mass is 16.5. The zero-order valence-electron chi connectivity index (χ0n) is 13.4. The van der Waals surface area contributed by atoms with E-state index in [9.17, 15) is 0 Å². The second kappa shape index (κ2) is 6.60. The third-order valence-corrected chi connectivity index (χ3v) is 4.48. The van der Waals surface area contributed by atoms with Crippen LogP contribution in [0, 0.1) is 17.8 Å². The van der Waals surface area contributed by atoms with Gasteiger partial charge in [-0.15, -0.1) is 0 Å². The lowest BCUT2D eigenvalue weighted by Gasteiger charge is -2.22. The maximum Gasteiger partial charge on any atom is 0.0923 e. The molecule has 1 unspecified atom stereocenters. The van der Waals surface area contributed by atoms with Crippen LogP contribution in [0.5, 0.6) is 0 Å². The number of benzene rings is 1. The van der Waals surface area contributed by atoms with Crippen molar-refractivity contribution in [2.24, 2.45) is 5.92 Å². The summed E-state index contributed by atoms with van der Waals surface area (Å²) in [5.41, 5.74) is 3.25. The molecule has 1 aliphatic heterocycles. The number of rotatable bonds is 3. The maximum absolute atomic E-state index is 5.79. The highest BCUT2D eigenvalue weighted by Crippen LogP contribution is 2.27. The molecular weight excluding hydrogens is 284 g/mol. The maximum atomic E-state index is 5.79. The first-order chi connectivity index (χ1) is 11.4. The summed E-state index contributed by atoms with van der Waals surface area (Å²) in [5, 5.41) is 4.69. The minimum Gasteiger partial charge on any atom is -0.376 e. The minimum atomic E-state index is 0.316. The van der Waals surface area contributed by atoms with Gasteiger partial charge >= 0.3 is 0 Å². The van der Waals surface area contributed by atoms with Crippen molar-refractivity contribution in [1.82, 2.24) is 9.78 Å². The van der Waals surface area contributed by atoms with Gasteiger partial charge in [-0.25, -0.2) is 0 Å². The minimum absolute atomic E-state index is 0.316. The summed E-state index contributed by atoms with van der Waals surface area (Å²) < 4.78 is 7.79. The Labute approximate surface area is 137 Å². The second-order valence-electron chi connectivity index (χ2n) is 6.53. The van der Waals surface area contributed by atoms with E-state index in [4.69, 9.17) is 4.74 Å². The van der Waals surface area contributed by atoms with E-state index in [-0.39, 0.29) is 0 Å². The van der Waals surface area contributed by atoms with E-state index in [0.717, 1.165) is 36.4 Å². The number of aromatic nitrogens is 2. The molecule has 0 bridgehead atoms. The van der Waals surface area contributed by atoms with Gasteiger partial charge in [0.25, 0.3) is 0 Å². The monoisotopic (exact) mass is 306 g/mol. The fraction of sp³-hybridized carbons (Fsp3) is 0.450. The molecule has 1 aromatic heterocycles. The number of nitrogens with zero attached hydrogens (tertiary/aromatic N) is 2. The van der Waals surface area contributed by atoms with E-state index < -0.39 is 0 Å². The molecule has 1 aromatic carbocycles. The summed E-state index contributed by atoms with van der Waals surface area (Å²) in [7, 11) is 0. The van der Waals surface area contributed by atoms with Crippen LogP contribution in [0.25, 0.3) is 11.3 Å². The molecule has 1 saturated carbocycles. The Morgan fingerprint density at radius 3 is 2.70 bits per heavy atom. The van der Waals surface area contributed by atoms with E-state index in [0.29, 0.717) is 12.0 Å². The number of ether oxygens (including phenoxy) is 1.